The molecule has 4 N–H and O–H groups in total. The van der Waals surface area contributed by atoms with Gasteiger partial charge in [0.25, 0.3) is 0 Å². The molecule has 5 heteroatoms. The molecule has 1 aliphatic rings. The van der Waals surface area contributed by atoms with Crippen molar-refractivity contribution in [2.24, 2.45) is 0 Å². The lowest BCUT2D eigenvalue weighted by Crippen LogP contribution is -2.84. The highest BCUT2D eigenvalue weighted by Gasteiger charge is 2.74. The third-order valence-electron chi connectivity index (χ3n) is 7.17. The third-order valence-corrected chi connectivity index (χ3v) is 7.17. The number of rotatable bonds is 6. The molecular weight excluding hydrogens is 416 g/mol. The first-order chi connectivity index (χ1) is 15.6. The van der Waals surface area contributed by atoms with Crippen LogP contribution in [0.15, 0.2) is 91.0 Å². The van der Waals surface area contributed by atoms with E-state index in [-0.39, 0.29) is 19.3 Å². The van der Waals surface area contributed by atoms with E-state index in [0.29, 0.717) is 5.56 Å². The molecular formula is C28H32O5. The molecule has 0 aromatic heterocycles. The Kier molecular flexibility index (Phi) is 6.20. The summed E-state index contributed by atoms with van der Waals surface area (Å²) in [7, 11) is 0. The molecule has 0 unspecified atom stereocenters. The van der Waals surface area contributed by atoms with Crippen LogP contribution in [-0.2, 0) is 24.0 Å². The minimum atomic E-state index is -2.23. The zero-order chi connectivity index (χ0) is 23.7. The molecule has 0 bridgehead atoms. The van der Waals surface area contributed by atoms with Crippen LogP contribution in [0.1, 0.15) is 30.5 Å². The molecule has 0 aliphatic carbocycles. The summed E-state index contributed by atoms with van der Waals surface area (Å²) in [5.74, 6) is -2.13. The van der Waals surface area contributed by atoms with Gasteiger partial charge in [0, 0.05) is 19.3 Å². The molecule has 0 amide bonds. The highest BCUT2D eigenvalue weighted by atomic mass is 16.7. The summed E-state index contributed by atoms with van der Waals surface area (Å²) in [6, 6.07) is 27.6. The number of hydrogen-bond donors (Lipinski definition) is 4. The van der Waals surface area contributed by atoms with Crippen LogP contribution in [-0.4, -0.2) is 49.1 Å². The average molecular weight is 449 g/mol. The van der Waals surface area contributed by atoms with E-state index >= 15 is 0 Å². The first-order valence-electron chi connectivity index (χ1n) is 11.3. The lowest BCUT2D eigenvalue weighted by Gasteiger charge is -2.63. The molecule has 1 heterocycles. The van der Waals surface area contributed by atoms with Gasteiger partial charge in [0.2, 0.25) is 0 Å². The van der Waals surface area contributed by atoms with Gasteiger partial charge in [0.15, 0.2) is 11.4 Å². The van der Waals surface area contributed by atoms with E-state index in [1.807, 2.05) is 91.0 Å². The molecule has 3 aromatic carbocycles. The maximum atomic E-state index is 12.5. The van der Waals surface area contributed by atoms with Crippen LogP contribution in [0.25, 0.3) is 0 Å². The minimum absolute atomic E-state index is 0.0333. The monoisotopic (exact) mass is 448 g/mol. The zero-order valence-electron chi connectivity index (χ0n) is 19.1. The molecule has 1 aliphatic heterocycles. The second kappa shape index (κ2) is 8.67. The van der Waals surface area contributed by atoms with E-state index in [1.165, 1.54) is 6.92 Å². The van der Waals surface area contributed by atoms with Crippen molar-refractivity contribution in [3.63, 3.8) is 0 Å². The summed E-state index contributed by atoms with van der Waals surface area (Å²) in [6.07, 6.45) is -1.14. The predicted octanol–water partition coefficient (Wildman–Crippen LogP) is 3.04. The molecule has 174 valence electrons. The van der Waals surface area contributed by atoms with Gasteiger partial charge in [-0.2, -0.15) is 0 Å². The van der Waals surface area contributed by atoms with Crippen molar-refractivity contribution in [3.8, 4) is 0 Å². The number of ether oxygens (including phenoxy) is 1. The number of benzene rings is 3. The quantitative estimate of drug-likeness (QED) is 0.465. The molecule has 1 fully saturated rings. The molecule has 3 aromatic rings. The normalized spacial score (nSPS) is 34.2. The Labute approximate surface area is 194 Å². The summed E-state index contributed by atoms with van der Waals surface area (Å²) < 4.78 is 5.88. The first kappa shape index (κ1) is 23.6. The van der Waals surface area contributed by atoms with Gasteiger partial charge >= 0.3 is 0 Å². The second-order valence-electron chi connectivity index (χ2n) is 9.37. The van der Waals surface area contributed by atoms with E-state index in [2.05, 4.69) is 0 Å². The first-order valence-corrected chi connectivity index (χ1v) is 11.3. The summed E-state index contributed by atoms with van der Waals surface area (Å²) in [6.45, 7) is 2.97. The highest BCUT2D eigenvalue weighted by molar-refractivity contribution is 5.33. The van der Waals surface area contributed by atoms with Gasteiger partial charge < -0.3 is 25.2 Å². The molecule has 0 spiro atoms. The van der Waals surface area contributed by atoms with Crippen molar-refractivity contribution < 1.29 is 25.2 Å². The van der Waals surface area contributed by atoms with Gasteiger partial charge in [0.05, 0.1) is 6.10 Å². The Bertz CT molecular complexity index is 1060. The fourth-order valence-corrected chi connectivity index (χ4v) is 5.21. The fraction of sp³-hybridized carbons (Fsp3) is 0.357. The maximum absolute atomic E-state index is 12.5. The third kappa shape index (κ3) is 4.01. The van der Waals surface area contributed by atoms with Gasteiger partial charge in [0.1, 0.15) is 11.2 Å². The molecule has 0 saturated carbocycles. The van der Waals surface area contributed by atoms with E-state index < -0.39 is 28.7 Å². The second-order valence-corrected chi connectivity index (χ2v) is 9.37. The molecule has 5 atom stereocenters. The summed E-state index contributed by atoms with van der Waals surface area (Å²) in [4.78, 5) is 0. The van der Waals surface area contributed by atoms with Crippen molar-refractivity contribution >= 4 is 0 Å². The number of aliphatic hydroxyl groups is 4. The minimum Gasteiger partial charge on any atom is -0.384 e. The highest BCUT2D eigenvalue weighted by Crippen LogP contribution is 2.52. The topological polar surface area (TPSA) is 90.2 Å². The van der Waals surface area contributed by atoms with Gasteiger partial charge in [-0.25, -0.2) is 0 Å². The van der Waals surface area contributed by atoms with E-state index in [4.69, 9.17) is 4.74 Å². The largest absolute Gasteiger partial charge is 0.384 e. The molecule has 5 nitrogen and oxygen atoms in total. The summed E-state index contributed by atoms with van der Waals surface area (Å²) in [5.41, 5.74) is -4.09. The average Bonchev–Trinajstić information content (AvgIpc) is 2.79. The SMILES string of the molecule is C[C@H]1O[C@](C)(O)[C@@](O)(Cc2ccccc2)[C@](O)(Cc2ccccc2)[C@@]1(O)Cc1ccccc1. The Morgan fingerprint density at radius 2 is 0.970 bits per heavy atom. The lowest BCUT2D eigenvalue weighted by molar-refractivity contribution is -0.430. The van der Waals surface area contributed by atoms with Crippen molar-refractivity contribution in [3.05, 3.63) is 108 Å². The smallest absolute Gasteiger partial charge is 0.195 e. The summed E-state index contributed by atoms with van der Waals surface area (Å²) in [5, 5.41) is 48.2. The van der Waals surface area contributed by atoms with E-state index in [1.54, 1.807) is 6.92 Å². The van der Waals surface area contributed by atoms with Gasteiger partial charge in [-0.1, -0.05) is 91.0 Å². The Hall–Kier alpha value is -2.54. The van der Waals surface area contributed by atoms with E-state index in [9.17, 15) is 20.4 Å². The van der Waals surface area contributed by atoms with Crippen LogP contribution in [0.2, 0.25) is 0 Å². The van der Waals surface area contributed by atoms with Crippen LogP contribution in [0, 0.1) is 0 Å². The van der Waals surface area contributed by atoms with Crippen LogP contribution in [0.3, 0.4) is 0 Å². The van der Waals surface area contributed by atoms with Crippen molar-refractivity contribution in [1.82, 2.24) is 0 Å². The fourth-order valence-electron chi connectivity index (χ4n) is 5.21. The van der Waals surface area contributed by atoms with Crippen molar-refractivity contribution in [1.29, 1.82) is 0 Å². The lowest BCUT2D eigenvalue weighted by atomic mass is 9.57. The van der Waals surface area contributed by atoms with Crippen molar-refractivity contribution in [2.45, 2.75) is 61.8 Å². The summed E-state index contributed by atoms with van der Waals surface area (Å²) >= 11 is 0. The molecule has 1 saturated heterocycles. The Morgan fingerprint density at radius 3 is 1.39 bits per heavy atom. The van der Waals surface area contributed by atoms with Crippen LogP contribution >= 0.6 is 0 Å². The van der Waals surface area contributed by atoms with Crippen LogP contribution in [0.5, 0.6) is 0 Å². The Morgan fingerprint density at radius 1 is 0.606 bits per heavy atom. The Balaban J connectivity index is 1.89. The van der Waals surface area contributed by atoms with Gasteiger partial charge in [-0.05, 0) is 30.5 Å². The molecule has 33 heavy (non-hydrogen) atoms. The van der Waals surface area contributed by atoms with Crippen LogP contribution < -0.4 is 0 Å². The zero-order valence-corrected chi connectivity index (χ0v) is 19.1. The molecule has 0 radical (unpaired) electrons. The maximum Gasteiger partial charge on any atom is 0.195 e. The predicted molar refractivity (Wildman–Crippen MR) is 126 cm³/mol. The van der Waals surface area contributed by atoms with Crippen LogP contribution in [0.4, 0.5) is 0 Å². The van der Waals surface area contributed by atoms with E-state index in [0.717, 1.165) is 11.1 Å². The standard InChI is InChI=1S/C28H32O5/c1-21-26(30,18-22-12-6-3-7-13-22)28(32,20-24-16-10-5-11-17-24)27(31,25(2,29)33-21)19-23-14-8-4-9-15-23/h3-17,21,29-32H,18-20H2,1-2H3/t21-,25+,26-,27+,28+/m1/s1. The number of hydrogen-bond acceptors (Lipinski definition) is 5. The van der Waals surface area contributed by atoms with Crippen molar-refractivity contribution in [2.75, 3.05) is 0 Å². The van der Waals surface area contributed by atoms with Gasteiger partial charge in [-0.15, -0.1) is 0 Å². The molecule has 4 rings (SSSR count). The van der Waals surface area contributed by atoms with Gasteiger partial charge in [-0.3, -0.25) is 0 Å².